The van der Waals surface area contributed by atoms with Crippen molar-refractivity contribution >= 4 is 0 Å². The van der Waals surface area contributed by atoms with Crippen molar-refractivity contribution in [3.8, 4) is 0 Å². The highest BCUT2D eigenvalue weighted by Gasteiger charge is 2.36. The molecule has 0 unspecified atom stereocenters. The van der Waals surface area contributed by atoms with E-state index in [0.717, 1.165) is 6.54 Å². The summed E-state index contributed by atoms with van der Waals surface area (Å²) < 4.78 is 0. The average molecular weight is 273 g/mol. The lowest BCUT2D eigenvalue weighted by molar-refractivity contribution is 0.0341. The van der Waals surface area contributed by atoms with E-state index in [1.165, 1.54) is 64.0 Å². The Kier molecular flexibility index (Phi) is 4.37. The van der Waals surface area contributed by atoms with Crippen LogP contribution in [-0.4, -0.2) is 47.5 Å². The fourth-order valence-corrected chi connectivity index (χ4v) is 3.78. The standard InChI is InChI=1S/C17H27N3/c1-2-19-11-5-17(6-12-19)7-13-20(14-8-17)15-16-3-9-18-10-4-16/h3-4,9-10H,2,5-8,11-15H2,1H3. The zero-order chi connectivity index (χ0) is 13.8. The van der Waals surface area contributed by atoms with E-state index in [1.54, 1.807) is 0 Å². The van der Waals surface area contributed by atoms with Crippen LogP contribution in [0.3, 0.4) is 0 Å². The lowest BCUT2D eigenvalue weighted by Gasteiger charge is -2.46. The number of aromatic nitrogens is 1. The summed E-state index contributed by atoms with van der Waals surface area (Å²) >= 11 is 0. The van der Waals surface area contributed by atoms with Gasteiger partial charge in [0.1, 0.15) is 0 Å². The molecule has 3 rings (SSSR count). The molecule has 0 N–H and O–H groups in total. The molecule has 3 nitrogen and oxygen atoms in total. The van der Waals surface area contributed by atoms with Gasteiger partial charge in [0.2, 0.25) is 0 Å². The lowest BCUT2D eigenvalue weighted by atomic mass is 9.71. The summed E-state index contributed by atoms with van der Waals surface area (Å²) in [5, 5.41) is 0. The molecule has 1 spiro atoms. The number of nitrogens with zero attached hydrogens (tertiary/aromatic N) is 3. The van der Waals surface area contributed by atoms with Crippen molar-refractivity contribution in [1.29, 1.82) is 0 Å². The van der Waals surface area contributed by atoms with Gasteiger partial charge in [0, 0.05) is 18.9 Å². The monoisotopic (exact) mass is 273 g/mol. The first-order chi connectivity index (χ1) is 9.80. The van der Waals surface area contributed by atoms with Crippen molar-refractivity contribution < 1.29 is 0 Å². The molecule has 0 atom stereocenters. The van der Waals surface area contributed by atoms with Gasteiger partial charge < -0.3 is 4.90 Å². The summed E-state index contributed by atoms with van der Waals surface area (Å²) in [6.07, 6.45) is 9.45. The zero-order valence-corrected chi connectivity index (χ0v) is 12.7. The number of pyridine rings is 1. The van der Waals surface area contributed by atoms with E-state index < -0.39 is 0 Å². The van der Waals surface area contributed by atoms with Gasteiger partial charge in [-0.1, -0.05) is 6.92 Å². The first-order valence-corrected chi connectivity index (χ1v) is 8.13. The zero-order valence-electron chi connectivity index (χ0n) is 12.7. The van der Waals surface area contributed by atoms with Gasteiger partial charge in [0.15, 0.2) is 0 Å². The summed E-state index contributed by atoms with van der Waals surface area (Å²) in [7, 11) is 0. The second kappa shape index (κ2) is 6.23. The maximum absolute atomic E-state index is 4.10. The molecule has 1 aromatic heterocycles. The molecule has 3 heterocycles. The Balaban J connectivity index is 1.50. The second-order valence-corrected chi connectivity index (χ2v) is 6.57. The van der Waals surface area contributed by atoms with Gasteiger partial charge in [-0.2, -0.15) is 0 Å². The Bertz CT molecular complexity index is 400. The van der Waals surface area contributed by atoms with Crippen LogP contribution in [0.4, 0.5) is 0 Å². The first-order valence-electron chi connectivity index (χ1n) is 8.13. The smallest absolute Gasteiger partial charge is 0.0271 e. The van der Waals surface area contributed by atoms with Crippen LogP contribution in [0.2, 0.25) is 0 Å². The molecule has 0 aliphatic carbocycles. The summed E-state index contributed by atoms with van der Waals surface area (Å²) in [6.45, 7) is 9.80. The molecular formula is C17H27N3. The highest BCUT2D eigenvalue weighted by molar-refractivity contribution is 5.09. The summed E-state index contributed by atoms with van der Waals surface area (Å²) in [5.41, 5.74) is 2.07. The summed E-state index contributed by atoms with van der Waals surface area (Å²) in [6, 6.07) is 4.29. The highest BCUT2D eigenvalue weighted by atomic mass is 15.1. The Morgan fingerprint density at radius 1 is 0.950 bits per heavy atom. The van der Waals surface area contributed by atoms with Gasteiger partial charge in [-0.3, -0.25) is 9.88 Å². The number of likely N-dealkylation sites (tertiary alicyclic amines) is 2. The SMILES string of the molecule is CCN1CCC2(CC1)CCN(Cc1ccncc1)CC2. The van der Waals surface area contributed by atoms with E-state index >= 15 is 0 Å². The Morgan fingerprint density at radius 3 is 2.05 bits per heavy atom. The van der Waals surface area contributed by atoms with Crippen LogP contribution in [-0.2, 0) is 6.54 Å². The van der Waals surface area contributed by atoms with E-state index in [2.05, 4.69) is 33.8 Å². The minimum absolute atomic E-state index is 0.667. The molecule has 0 saturated carbocycles. The topological polar surface area (TPSA) is 19.4 Å². The molecule has 110 valence electrons. The summed E-state index contributed by atoms with van der Waals surface area (Å²) in [5.74, 6) is 0. The Labute approximate surface area is 123 Å². The maximum Gasteiger partial charge on any atom is 0.0271 e. The van der Waals surface area contributed by atoms with Gasteiger partial charge in [-0.15, -0.1) is 0 Å². The van der Waals surface area contributed by atoms with Crippen molar-refractivity contribution in [2.75, 3.05) is 32.7 Å². The Hall–Kier alpha value is -0.930. The van der Waals surface area contributed by atoms with E-state index in [-0.39, 0.29) is 0 Å². The third-order valence-electron chi connectivity index (χ3n) is 5.44. The number of hydrogen-bond donors (Lipinski definition) is 0. The largest absolute Gasteiger partial charge is 0.304 e. The fourth-order valence-electron chi connectivity index (χ4n) is 3.78. The second-order valence-electron chi connectivity index (χ2n) is 6.57. The molecular weight excluding hydrogens is 246 g/mol. The number of rotatable bonds is 3. The molecule has 0 bridgehead atoms. The molecule has 2 aliphatic rings. The molecule has 20 heavy (non-hydrogen) atoms. The molecule has 3 heteroatoms. The average Bonchev–Trinajstić information content (AvgIpc) is 2.52. The minimum atomic E-state index is 0.667. The van der Waals surface area contributed by atoms with Gasteiger partial charge in [0.05, 0.1) is 0 Å². The third kappa shape index (κ3) is 3.21. The summed E-state index contributed by atoms with van der Waals surface area (Å²) in [4.78, 5) is 9.32. The lowest BCUT2D eigenvalue weighted by Crippen LogP contribution is -2.46. The Morgan fingerprint density at radius 2 is 1.50 bits per heavy atom. The maximum atomic E-state index is 4.10. The van der Waals surface area contributed by atoms with Gasteiger partial charge in [-0.25, -0.2) is 0 Å². The fraction of sp³-hybridized carbons (Fsp3) is 0.706. The number of piperidine rings is 2. The molecule has 0 amide bonds. The predicted octanol–water partition coefficient (Wildman–Crippen LogP) is 2.78. The molecule has 2 fully saturated rings. The molecule has 2 aliphatic heterocycles. The van der Waals surface area contributed by atoms with Gasteiger partial charge in [0.25, 0.3) is 0 Å². The van der Waals surface area contributed by atoms with Gasteiger partial charge >= 0.3 is 0 Å². The van der Waals surface area contributed by atoms with Crippen molar-refractivity contribution in [3.05, 3.63) is 30.1 Å². The van der Waals surface area contributed by atoms with E-state index in [9.17, 15) is 0 Å². The van der Waals surface area contributed by atoms with Crippen molar-refractivity contribution in [2.45, 2.75) is 39.2 Å². The number of hydrogen-bond acceptors (Lipinski definition) is 3. The van der Waals surface area contributed by atoms with Crippen LogP contribution in [0.25, 0.3) is 0 Å². The van der Waals surface area contributed by atoms with Crippen LogP contribution < -0.4 is 0 Å². The van der Waals surface area contributed by atoms with E-state index in [1.807, 2.05) is 12.4 Å². The van der Waals surface area contributed by atoms with Crippen LogP contribution >= 0.6 is 0 Å². The van der Waals surface area contributed by atoms with Gasteiger partial charge in [-0.05, 0) is 81.5 Å². The van der Waals surface area contributed by atoms with Crippen LogP contribution in [0.15, 0.2) is 24.5 Å². The van der Waals surface area contributed by atoms with Crippen LogP contribution in [0.5, 0.6) is 0 Å². The van der Waals surface area contributed by atoms with Crippen LogP contribution in [0.1, 0.15) is 38.2 Å². The first kappa shape index (κ1) is 14.0. The predicted molar refractivity (Wildman–Crippen MR) is 82.5 cm³/mol. The molecule has 0 aromatic carbocycles. The van der Waals surface area contributed by atoms with Crippen molar-refractivity contribution in [3.63, 3.8) is 0 Å². The van der Waals surface area contributed by atoms with Crippen LogP contribution in [0, 0.1) is 5.41 Å². The minimum Gasteiger partial charge on any atom is -0.304 e. The quantitative estimate of drug-likeness (QED) is 0.844. The van der Waals surface area contributed by atoms with Crippen molar-refractivity contribution in [1.82, 2.24) is 14.8 Å². The molecule has 0 radical (unpaired) electrons. The van der Waals surface area contributed by atoms with Crippen molar-refractivity contribution in [2.24, 2.45) is 5.41 Å². The molecule has 2 saturated heterocycles. The normalized spacial score (nSPS) is 24.1. The third-order valence-corrected chi connectivity index (χ3v) is 5.44. The molecule has 1 aromatic rings. The highest BCUT2D eigenvalue weighted by Crippen LogP contribution is 2.41. The van der Waals surface area contributed by atoms with E-state index in [4.69, 9.17) is 0 Å². The van der Waals surface area contributed by atoms with E-state index in [0.29, 0.717) is 5.41 Å².